The van der Waals surface area contributed by atoms with Crippen molar-refractivity contribution >= 4 is 17.1 Å². The Morgan fingerprint density at radius 3 is 1.43 bits per heavy atom. The number of hydrogen-bond donors (Lipinski definition) is 0. The molecule has 0 radical (unpaired) electrons. The Hall–Kier alpha value is -7.43. The van der Waals surface area contributed by atoms with Gasteiger partial charge in [-0.15, -0.1) is 0 Å². The van der Waals surface area contributed by atoms with Gasteiger partial charge in [0.1, 0.15) is 0 Å². The van der Waals surface area contributed by atoms with Crippen molar-refractivity contribution in [3.8, 4) is 45.3 Å². The third kappa shape index (κ3) is 5.34. The fraction of sp³-hybridized carbons (Fsp3) is 0.0893. The molecule has 8 aromatic carbocycles. The normalized spacial score (nSPS) is 14.2. The van der Waals surface area contributed by atoms with Crippen LogP contribution in [0.5, 0.6) is 0 Å². The number of hydrogen-bond acceptors (Lipinski definition) is 4. The Bertz CT molecular complexity index is 2980. The van der Waals surface area contributed by atoms with E-state index in [-0.39, 0.29) is 5.41 Å². The van der Waals surface area contributed by atoms with Crippen LogP contribution in [0.1, 0.15) is 52.8 Å². The molecule has 9 aromatic rings. The third-order valence-electron chi connectivity index (χ3n) is 12.7. The van der Waals surface area contributed by atoms with Crippen molar-refractivity contribution in [2.75, 3.05) is 4.90 Å². The minimum Gasteiger partial charge on any atom is -0.310 e. The Morgan fingerprint density at radius 1 is 0.383 bits per heavy atom. The molecule has 1 aromatic heterocycles. The van der Waals surface area contributed by atoms with Gasteiger partial charge in [0.25, 0.3) is 0 Å². The number of rotatable bonds is 6. The zero-order valence-corrected chi connectivity index (χ0v) is 33.8. The first kappa shape index (κ1) is 35.7. The molecule has 0 fully saturated rings. The van der Waals surface area contributed by atoms with Gasteiger partial charge in [0, 0.05) is 27.8 Å². The monoisotopic (exact) mass is 770 g/mol. The molecular formula is C56H42N4. The lowest BCUT2D eigenvalue weighted by Crippen LogP contribution is -2.39. The number of aromatic nitrogens is 3. The van der Waals surface area contributed by atoms with E-state index in [0.717, 1.165) is 39.3 Å². The molecule has 0 spiro atoms. The zero-order valence-electron chi connectivity index (χ0n) is 33.8. The lowest BCUT2D eigenvalue weighted by Gasteiger charge is -2.48. The van der Waals surface area contributed by atoms with Crippen molar-refractivity contribution in [1.29, 1.82) is 0 Å². The van der Waals surface area contributed by atoms with Crippen molar-refractivity contribution in [2.24, 2.45) is 0 Å². The third-order valence-corrected chi connectivity index (χ3v) is 12.7. The molecule has 4 nitrogen and oxygen atoms in total. The molecule has 0 unspecified atom stereocenters. The smallest absolute Gasteiger partial charge is 0.164 e. The maximum absolute atomic E-state index is 5.06. The van der Waals surface area contributed by atoms with Gasteiger partial charge in [-0.1, -0.05) is 184 Å². The number of fused-ring (bicyclic) bond motifs is 5. The zero-order chi connectivity index (χ0) is 40.4. The van der Waals surface area contributed by atoms with Gasteiger partial charge in [-0.05, 0) is 87.3 Å². The first-order valence-electron chi connectivity index (χ1n) is 20.7. The molecule has 1 aliphatic carbocycles. The molecule has 0 saturated heterocycles. The second kappa shape index (κ2) is 13.9. The van der Waals surface area contributed by atoms with E-state index in [1.165, 1.54) is 44.5 Å². The van der Waals surface area contributed by atoms with Crippen LogP contribution < -0.4 is 4.90 Å². The summed E-state index contributed by atoms with van der Waals surface area (Å²) in [5, 5.41) is 0. The number of benzene rings is 8. The number of anilines is 3. The molecule has 2 aliphatic rings. The van der Waals surface area contributed by atoms with Crippen molar-refractivity contribution in [3.05, 3.63) is 239 Å². The average Bonchev–Trinajstić information content (AvgIpc) is 3.55. The predicted octanol–water partition coefficient (Wildman–Crippen LogP) is 13.7. The Kier molecular flexibility index (Phi) is 8.25. The lowest BCUT2D eigenvalue weighted by molar-refractivity contribution is 0.625. The van der Waals surface area contributed by atoms with Gasteiger partial charge in [0.15, 0.2) is 17.5 Å². The van der Waals surface area contributed by atoms with Crippen LogP contribution in [0.4, 0.5) is 17.1 Å². The first-order chi connectivity index (χ1) is 29.4. The standard InChI is InChI=1S/C56H42N4/c1-37-36-40(54-58-52(38-20-7-4-8-21-38)57-53(59-54)39-22-9-5-10-23-39)34-35-48(37)60-49-32-17-15-29-45(49)56(41-24-11-6-12-25-41,46-30-16-18-33-50(46)60)47-31-19-27-43-42-26-13-14-28-44(42)55(2,3)51(43)47/h4-36H,1-3H3. The van der Waals surface area contributed by atoms with Gasteiger partial charge < -0.3 is 4.90 Å². The molecule has 0 saturated carbocycles. The topological polar surface area (TPSA) is 41.9 Å². The van der Waals surface area contributed by atoms with Crippen LogP contribution in [0.25, 0.3) is 45.3 Å². The van der Waals surface area contributed by atoms with E-state index in [9.17, 15) is 0 Å². The summed E-state index contributed by atoms with van der Waals surface area (Å²) in [4.78, 5) is 17.5. The number of aryl methyl sites for hydroxylation is 1. The summed E-state index contributed by atoms with van der Waals surface area (Å²) in [6.45, 7) is 7.00. The SMILES string of the molecule is Cc1cc(-c2nc(-c3ccccc3)nc(-c3ccccc3)n2)ccc1N1c2ccccc2C(c2ccccc2)(c2cccc3c2C(C)(C)c2ccccc2-3)c2ccccc21. The van der Waals surface area contributed by atoms with E-state index in [1.807, 2.05) is 60.7 Å². The van der Waals surface area contributed by atoms with Crippen molar-refractivity contribution < 1.29 is 0 Å². The number of nitrogens with zero attached hydrogens (tertiary/aromatic N) is 4. The van der Waals surface area contributed by atoms with E-state index in [1.54, 1.807) is 0 Å². The Balaban J connectivity index is 1.12. The maximum Gasteiger partial charge on any atom is 0.164 e. The van der Waals surface area contributed by atoms with Crippen LogP contribution in [-0.4, -0.2) is 15.0 Å². The van der Waals surface area contributed by atoms with Crippen molar-refractivity contribution in [2.45, 2.75) is 31.6 Å². The summed E-state index contributed by atoms with van der Waals surface area (Å²) in [6, 6.07) is 72.1. The van der Waals surface area contributed by atoms with Crippen LogP contribution >= 0.6 is 0 Å². The van der Waals surface area contributed by atoms with Gasteiger partial charge in [-0.25, -0.2) is 15.0 Å². The second-order valence-electron chi connectivity index (χ2n) is 16.4. The molecule has 4 heteroatoms. The molecule has 0 amide bonds. The van der Waals surface area contributed by atoms with E-state index < -0.39 is 5.41 Å². The van der Waals surface area contributed by atoms with Crippen molar-refractivity contribution in [3.63, 3.8) is 0 Å². The Morgan fingerprint density at radius 2 is 0.850 bits per heavy atom. The molecule has 2 heterocycles. The maximum atomic E-state index is 5.06. The lowest BCUT2D eigenvalue weighted by atomic mass is 9.59. The minimum atomic E-state index is -0.615. The summed E-state index contributed by atoms with van der Waals surface area (Å²) >= 11 is 0. The van der Waals surface area contributed by atoms with Crippen LogP contribution in [-0.2, 0) is 10.8 Å². The largest absolute Gasteiger partial charge is 0.310 e. The van der Waals surface area contributed by atoms with E-state index in [2.05, 4.69) is 165 Å². The molecule has 0 N–H and O–H groups in total. The molecule has 1 aliphatic heterocycles. The highest BCUT2D eigenvalue weighted by Gasteiger charge is 2.50. The summed E-state index contributed by atoms with van der Waals surface area (Å²) in [7, 11) is 0. The highest BCUT2D eigenvalue weighted by atomic mass is 15.2. The summed E-state index contributed by atoms with van der Waals surface area (Å²) in [6.07, 6.45) is 0. The summed E-state index contributed by atoms with van der Waals surface area (Å²) in [5.74, 6) is 1.94. The fourth-order valence-electron chi connectivity index (χ4n) is 10.1. The van der Waals surface area contributed by atoms with E-state index in [4.69, 9.17) is 15.0 Å². The molecular weight excluding hydrogens is 729 g/mol. The van der Waals surface area contributed by atoms with Gasteiger partial charge in [-0.2, -0.15) is 0 Å². The van der Waals surface area contributed by atoms with E-state index in [0.29, 0.717) is 17.5 Å². The highest BCUT2D eigenvalue weighted by molar-refractivity contribution is 5.92. The first-order valence-corrected chi connectivity index (χ1v) is 20.7. The molecule has 286 valence electrons. The number of para-hydroxylation sites is 2. The predicted molar refractivity (Wildman–Crippen MR) is 245 cm³/mol. The quantitative estimate of drug-likeness (QED) is 0.169. The molecule has 60 heavy (non-hydrogen) atoms. The minimum absolute atomic E-state index is 0.215. The van der Waals surface area contributed by atoms with Crippen LogP contribution in [0.15, 0.2) is 200 Å². The van der Waals surface area contributed by atoms with Crippen LogP contribution in [0.3, 0.4) is 0 Å². The van der Waals surface area contributed by atoms with Crippen LogP contribution in [0.2, 0.25) is 0 Å². The average molecular weight is 771 g/mol. The molecule has 0 bridgehead atoms. The van der Waals surface area contributed by atoms with Gasteiger partial charge >= 0.3 is 0 Å². The van der Waals surface area contributed by atoms with Gasteiger partial charge in [0.2, 0.25) is 0 Å². The summed E-state index contributed by atoms with van der Waals surface area (Å²) in [5.41, 5.74) is 17.0. The van der Waals surface area contributed by atoms with E-state index >= 15 is 0 Å². The van der Waals surface area contributed by atoms with Gasteiger partial charge in [0.05, 0.1) is 16.8 Å². The highest BCUT2D eigenvalue weighted by Crippen LogP contribution is 2.61. The van der Waals surface area contributed by atoms with Gasteiger partial charge in [-0.3, -0.25) is 0 Å². The molecule has 11 rings (SSSR count). The Labute approximate surface area is 351 Å². The van der Waals surface area contributed by atoms with Crippen molar-refractivity contribution in [1.82, 2.24) is 15.0 Å². The fourth-order valence-corrected chi connectivity index (χ4v) is 10.1. The second-order valence-corrected chi connectivity index (χ2v) is 16.4. The summed E-state index contributed by atoms with van der Waals surface area (Å²) < 4.78 is 0. The molecule has 0 atom stereocenters. The van der Waals surface area contributed by atoms with Crippen LogP contribution in [0, 0.1) is 6.92 Å².